The molecule has 0 aliphatic carbocycles. The van der Waals surface area contributed by atoms with E-state index in [-0.39, 0.29) is 5.92 Å². The van der Waals surface area contributed by atoms with Crippen molar-refractivity contribution in [1.82, 2.24) is 9.97 Å². The number of fused-ring (bicyclic) bond motifs is 2. The van der Waals surface area contributed by atoms with E-state index in [9.17, 15) is 0 Å². The first kappa shape index (κ1) is 11.3. The molecular weight excluding hydrogens is 250 g/mol. The molecule has 1 atom stereocenters. The number of aromatic nitrogens is 2. The largest absolute Gasteiger partial charge is 0.497 e. The van der Waals surface area contributed by atoms with Crippen LogP contribution in [0.5, 0.6) is 5.75 Å². The number of nitrogens with one attached hydrogen (secondary N) is 2. The summed E-state index contributed by atoms with van der Waals surface area (Å²) in [6, 6.07) is 14.3. The first-order chi connectivity index (χ1) is 9.85. The average Bonchev–Trinajstić information content (AvgIpc) is 3.09. The van der Waals surface area contributed by atoms with Crippen LogP contribution in [0.2, 0.25) is 0 Å². The van der Waals surface area contributed by atoms with Gasteiger partial charge in [-0.15, -0.1) is 0 Å². The number of hydrogen-bond acceptors (Lipinski definition) is 3. The molecule has 4 nitrogen and oxygen atoms in total. The second-order valence-corrected chi connectivity index (χ2v) is 5.03. The summed E-state index contributed by atoms with van der Waals surface area (Å²) in [5.41, 5.74) is 4.50. The Balaban J connectivity index is 1.80. The molecule has 20 heavy (non-hydrogen) atoms. The van der Waals surface area contributed by atoms with Gasteiger partial charge in [-0.1, -0.05) is 18.2 Å². The lowest BCUT2D eigenvalue weighted by Gasteiger charge is -2.05. The van der Waals surface area contributed by atoms with Crippen LogP contribution in [0.4, 0.5) is 5.69 Å². The van der Waals surface area contributed by atoms with Crippen molar-refractivity contribution < 1.29 is 4.74 Å². The van der Waals surface area contributed by atoms with Crippen molar-refractivity contribution in [2.75, 3.05) is 19.0 Å². The molecule has 4 heteroatoms. The number of rotatable bonds is 2. The Labute approximate surface area is 116 Å². The number of para-hydroxylation sites is 1. The normalized spacial score (nSPS) is 16.9. The number of nitrogens with zero attached hydrogens (tertiary/aromatic N) is 1. The van der Waals surface area contributed by atoms with E-state index < -0.39 is 0 Å². The molecule has 0 saturated heterocycles. The highest BCUT2D eigenvalue weighted by Crippen LogP contribution is 2.35. The van der Waals surface area contributed by atoms with Crippen LogP contribution in [0.3, 0.4) is 0 Å². The summed E-state index contributed by atoms with van der Waals surface area (Å²) in [6.45, 7) is 0.885. The van der Waals surface area contributed by atoms with Gasteiger partial charge in [0.05, 0.1) is 24.1 Å². The molecule has 3 aromatic rings. The zero-order chi connectivity index (χ0) is 13.5. The third-order valence-electron chi connectivity index (χ3n) is 3.87. The van der Waals surface area contributed by atoms with Crippen molar-refractivity contribution in [1.29, 1.82) is 0 Å². The summed E-state index contributed by atoms with van der Waals surface area (Å²) in [5, 5.41) is 3.43. The van der Waals surface area contributed by atoms with Gasteiger partial charge in [-0.2, -0.15) is 0 Å². The monoisotopic (exact) mass is 265 g/mol. The van der Waals surface area contributed by atoms with Crippen molar-refractivity contribution in [3.63, 3.8) is 0 Å². The van der Waals surface area contributed by atoms with Gasteiger partial charge < -0.3 is 15.0 Å². The standard InChI is InChI=1S/C16H15N3O/c1-20-10-6-7-14-15(8-10)19-16(18-14)12-9-17-13-5-3-2-4-11(12)13/h2-8,12,17H,9H2,1H3,(H,18,19). The van der Waals surface area contributed by atoms with E-state index in [1.807, 2.05) is 18.2 Å². The SMILES string of the molecule is COc1ccc2nc(C3CNc4ccccc43)[nH]c2c1. The van der Waals surface area contributed by atoms with E-state index in [0.717, 1.165) is 29.2 Å². The maximum atomic E-state index is 5.25. The fourth-order valence-electron chi connectivity index (χ4n) is 2.83. The van der Waals surface area contributed by atoms with Crippen LogP contribution in [0.25, 0.3) is 11.0 Å². The van der Waals surface area contributed by atoms with Crippen molar-refractivity contribution in [2.24, 2.45) is 0 Å². The smallest absolute Gasteiger partial charge is 0.121 e. The number of hydrogen-bond donors (Lipinski definition) is 2. The highest BCUT2D eigenvalue weighted by molar-refractivity contribution is 5.77. The number of methoxy groups -OCH3 is 1. The lowest BCUT2D eigenvalue weighted by Crippen LogP contribution is -2.05. The van der Waals surface area contributed by atoms with Gasteiger partial charge in [0.15, 0.2) is 0 Å². The number of benzene rings is 2. The second kappa shape index (κ2) is 4.27. The van der Waals surface area contributed by atoms with Crippen LogP contribution in [0, 0.1) is 0 Å². The Morgan fingerprint density at radius 1 is 1.20 bits per heavy atom. The van der Waals surface area contributed by atoms with Gasteiger partial charge >= 0.3 is 0 Å². The zero-order valence-electron chi connectivity index (χ0n) is 11.2. The molecule has 100 valence electrons. The number of imidazole rings is 1. The molecule has 2 aromatic carbocycles. The lowest BCUT2D eigenvalue weighted by molar-refractivity contribution is 0.415. The van der Waals surface area contributed by atoms with Crippen molar-refractivity contribution in [3.8, 4) is 5.75 Å². The Morgan fingerprint density at radius 3 is 3.00 bits per heavy atom. The van der Waals surface area contributed by atoms with Crippen molar-refractivity contribution >= 4 is 16.7 Å². The van der Waals surface area contributed by atoms with Crippen LogP contribution in [-0.4, -0.2) is 23.6 Å². The highest BCUT2D eigenvalue weighted by Gasteiger charge is 2.25. The molecule has 0 bridgehead atoms. The topological polar surface area (TPSA) is 49.9 Å². The molecule has 0 amide bonds. The minimum atomic E-state index is 0.282. The van der Waals surface area contributed by atoms with Crippen LogP contribution in [-0.2, 0) is 0 Å². The summed E-state index contributed by atoms with van der Waals surface area (Å²) in [6.07, 6.45) is 0. The van der Waals surface area contributed by atoms with Crippen molar-refractivity contribution in [2.45, 2.75) is 5.92 Å². The molecule has 0 spiro atoms. The molecule has 0 saturated carbocycles. The Kier molecular flexibility index (Phi) is 2.42. The van der Waals surface area contributed by atoms with Gasteiger partial charge in [0.1, 0.15) is 11.6 Å². The predicted molar refractivity (Wildman–Crippen MR) is 79.4 cm³/mol. The zero-order valence-corrected chi connectivity index (χ0v) is 11.2. The van der Waals surface area contributed by atoms with E-state index in [1.54, 1.807) is 7.11 Å². The van der Waals surface area contributed by atoms with E-state index in [4.69, 9.17) is 9.72 Å². The summed E-state index contributed by atoms with van der Waals surface area (Å²) < 4.78 is 5.25. The molecule has 1 aromatic heterocycles. The summed E-state index contributed by atoms with van der Waals surface area (Å²) in [7, 11) is 1.68. The predicted octanol–water partition coefficient (Wildman–Crippen LogP) is 3.13. The first-order valence-electron chi connectivity index (χ1n) is 6.71. The molecule has 1 aliphatic heterocycles. The van der Waals surface area contributed by atoms with E-state index >= 15 is 0 Å². The van der Waals surface area contributed by atoms with Crippen LogP contribution < -0.4 is 10.1 Å². The molecule has 2 N–H and O–H groups in total. The molecular formula is C16H15N3O. The third kappa shape index (κ3) is 1.65. The van der Waals surface area contributed by atoms with Gasteiger partial charge in [-0.25, -0.2) is 4.98 Å². The van der Waals surface area contributed by atoms with Crippen molar-refractivity contribution in [3.05, 3.63) is 53.9 Å². The number of aromatic amines is 1. The molecule has 0 fully saturated rings. The van der Waals surface area contributed by atoms with E-state index in [0.29, 0.717) is 0 Å². The molecule has 2 heterocycles. The average molecular weight is 265 g/mol. The van der Waals surface area contributed by atoms with Gasteiger partial charge in [0.25, 0.3) is 0 Å². The molecule has 1 unspecified atom stereocenters. The minimum Gasteiger partial charge on any atom is -0.497 e. The first-order valence-corrected chi connectivity index (χ1v) is 6.71. The van der Waals surface area contributed by atoms with Gasteiger partial charge in [0.2, 0.25) is 0 Å². The maximum absolute atomic E-state index is 5.25. The van der Waals surface area contributed by atoms with Crippen LogP contribution in [0.15, 0.2) is 42.5 Å². The molecule has 4 rings (SSSR count). The maximum Gasteiger partial charge on any atom is 0.121 e. The number of H-pyrrole nitrogens is 1. The fraction of sp³-hybridized carbons (Fsp3) is 0.188. The Morgan fingerprint density at radius 2 is 2.10 bits per heavy atom. The van der Waals surface area contributed by atoms with E-state index in [1.165, 1.54) is 11.3 Å². The second-order valence-electron chi connectivity index (χ2n) is 5.03. The summed E-state index contributed by atoms with van der Waals surface area (Å²) in [4.78, 5) is 8.14. The van der Waals surface area contributed by atoms with E-state index in [2.05, 4.69) is 34.6 Å². The molecule has 1 aliphatic rings. The van der Waals surface area contributed by atoms with Gasteiger partial charge in [0, 0.05) is 18.3 Å². The minimum absolute atomic E-state index is 0.282. The quantitative estimate of drug-likeness (QED) is 0.748. The molecule has 0 radical (unpaired) electrons. The Bertz CT molecular complexity index is 778. The Hall–Kier alpha value is -2.49. The number of ether oxygens (including phenoxy) is 1. The van der Waals surface area contributed by atoms with Gasteiger partial charge in [-0.3, -0.25) is 0 Å². The van der Waals surface area contributed by atoms with Gasteiger partial charge in [-0.05, 0) is 23.8 Å². The summed E-state index contributed by atoms with van der Waals surface area (Å²) >= 11 is 0. The summed E-state index contributed by atoms with van der Waals surface area (Å²) in [5.74, 6) is 2.13. The van der Waals surface area contributed by atoms with Crippen LogP contribution >= 0.6 is 0 Å². The lowest BCUT2D eigenvalue weighted by atomic mass is 10.0. The number of anilines is 1. The third-order valence-corrected chi connectivity index (χ3v) is 3.87. The fourth-order valence-corrected chi connectivity index (χ4v) is 2.83. The highest BCUT2D eigenvalue weighted by atomic mass is 16.5. The van der Waals surface area contributed by atoms with Crippen LogP contribution in [0.1, 0.15) is 17.3 Å².